The quantitative estimate of drug-likeness (QED) is 0.436. The molecule has 0 heterocycles. The molecule has 0 aliphatic rings. The van der Waals surface area contributed by atoms with Crippen LogP contribution in [0.25, 0.3) is 0 Å². The maximum absolute atomic E-state index is 5.97. The number of unbranched alkanes of at least 4 members (excludes halogenated alkanes) is 2. The summed E-state index contributed by atoms with van der Waals surface area (Å²) >= 11 is 0. The summed E-state index contributed by atoms with van der Waals surface area (Å²) in [7, 11) is 0. The van der Waals surface area contributed by atoms with Gasteiger partial charge in [-0.25, -0.2) is 0 Å². The van der Waals surface area contributed by atoms with Crippen molar-refractivity contribution >= 4 is 0 Å². The molecule has 2 aromatic rings. The first-order chi connectivity index (χ1) is 10.9. The average Bonchev–Trinajstić information content (AvgIpc) is 2.59. The standard InChI is InChI=1S/C20H26O2/c1-2-3-6-15-20(21-16-18-11-7-4-8-12-18)22-17-19-13-9-5-10-14-19/h4-5,7-14,20H,2-3,6,15-17H2,1H3. The number of rotatable bonds is 10. The fraction of sp³-hybridized carbons (Fsp3) is 0.400. The van der Waals surface area contributed by atoms with Gasteiger partial charge in [0.25, 0.3) is 0 Å². The predicted octanol–water partition coefficient (Wildman–Crippen LogP) is 5.33. The van der Waals surface area contributed by atoms with Crippen molar-refractivity contribution in [2.75, 3.05) is 0 Å². The SMILES string of the molecule is CCCCCC(OCc1ccccc1)OCc1ccccc1. The van der Waals surface area contributed by atoms with Crippen molar-refractivity contribution in [3.8, 4) is 0 Å². The van der Waals surface area contributed by atoms with Gasteiger partial charge in [-0.3, -0.25) is 0 Å². The van der Waals surface area contributed by atoms with E-state index in [9.17, 15) is 0 Å². The van der Waals surface area contributed by atoms with Crippen LogP contribution >= 0.6 is 0 Å². The highest BCUT2D eigenvalue weighted by Gasteiger charge is 2.10. The number of ether oxygens (including phenoxy) is 2. The molecule has 0 unspecified atom stereocenters. The Hall–Kier alpha value is -1.64. The summed E-state index contributed by atoms with van der Waals surface area (Å²) in [5.74, 6) is 0. The monoisotopic (exact) mass is 298 g/mol. The molecular weight excluding hydrogens is 272 g/mol. The van der Waals surface area contributed by atoms with E-state index in [1.807, 2.05) is 36.4 Å². The van der Waals surface area contributed by atoms with Crippen LogP contribution < -0.4 is 0 Å². The fourth-order valence-corrected chi connectivity index (χ4v) is 2.30. The van der Waals surface area contributed by atoms with Crippen LogP contribution in [-0.4, -0.2) is 6.29 Å². The first-order valence-electron chi connectivity index (χ1n) is 8.19. The van der Waals surface area contributed by atoms with Crippen LogP contribution in [0.5, 0.6) is 0 Å². The predicted molar refractivity (Wildman–Crippen MR) is 90.4 cm³/mol. The van der Waals surface area contributed by atoms with Gasteiger partial charge < -0.3 is 9.47 Å². The Morgan fingerprint density at radius 1 is 0.727 bits per heavy atom. The molecule has 2 rings (SSSR count). The van der Waals surface area contributed by atoms with Gasteiger partial charge in [-0.1, -0.05) is 80.4 Å². The van der Waals surface area contributed by atoms with E-state index in [-0.39, 0.29) is 6.29 Å². The molecule has 0 atom stereocenters. The molecule has 0 amide bonds. The third kappa shape index (κ3) is 6.42. The summed E-state index contributed by atoms with van der Waals surface area (Å²) in [6, 6.07) is 20.5. The van der Waals surface area contributed by atoms with E-state index in [2.05, 4.69) is 31.2 Å². The minimum absolute atomic E-state index is 0.132. The highest BCUT2D eigenvalue weighted by Crippen LogP contribution is 2.13. The average molecular weight is 298 g/mol. The highest BCUT2D eigenvalue weighted by atomic mass is 16.7. The van der Waals surface area contributed by atoms with E-state index in [0.717, 1.165) is 12.8 Å². The van der Waals surface area contributed by atoms with Crippen molar-refractivity contribution in [3.63, 3.8) is 0 Å². The summed E-state index contributed by atoms with van der Waals surface area (Å²) in [6.45, 7) is 3.42. The number of hydrogen-bond donors (Lipinski definition) is 0. The molecule has 0 N–H and O–H groups in total. The Morgan fingerprint density at radius 2 is 1.23 bits per heavy atom. The van der Waals surface area contributed by atoms with Gasteiger partial charge in [0.1, 0.15) is 0 Å². The molecule has 2 heteroatoms. The first kappa shape index (κ1) is 16.7. The lowest BCUT2D eigenvalue weighted by atomic mass is 10.2. The van der Waals surface area contributed by atoms with Crippen LogP contribution in [0.4, 0.5) is 0 Å². The van der Waals surface area contributed by atoms with Crippen LogP contribution in [0.2, 0.25) is 0 Å². The Kier molecular flexibility index (Phi) is 7.71. The van der Waals surface area contributed by atoms with Gasteiger partial charge in [-0.2, -0.15) is 0 Å². The number of hydrogen-bond acceptors (Lipinski definition) is 2. The topological polar surface area (TPSA) is 18.5 Å². The lowest BCUT2D eigenvalue weighted by Gasteiger charge is -2.19. The van der Waals surface area contributed by atoms with Crippen molar-refractivity contribution < 1.29 is 9.47 Å². The maximum atomic E-state index is 5.97. The Bertz CT molecular complexity index is 452. The lowest BCUT2D eigenvalue weighted by molar-refractivity contribution is -0.160. The Balaban J connectivity index is 1.82. The maximum Gasteiger partial charge on any atom is 0.158 e. The summed E-state index contributed by atoms with van der Waals surface area (Å²) in [6.07, 6.45) is 4.40. The largest absolute Gasteiger partial charge is 0.348 e. The van der Waals surface area contributed by atoms with Gasteiger partial charge in [0, 0.05) is 0 Å². The van der Waals surface area contributed by atoms with Crippen molar-refractivity contribution in [3.05, 3.63) is 71.8 Å². The molecular formula is C20H26O2. The van der Waals surface area contributed by atoms with Gasteiger partial charge in [-0.15, -0.1) is 0 Å². The fourth-order valence-electron chi connectivity index (χ4n) is 2.30. The molecule has 0 aliphatic heterocycles. The van der Waals surface area contributed by atoms with Crippen molar-refractivity contribution in [1.82, 2.24) is 0 Å². The molecule has 2 nitrogen and oxygen atoms in total. The minimum Gasteiger partial charge on any atom is -0.348 e. The van der Waals surface area contributed by atoms with E-state index < -0.39 is 0 Å². The highest BCUT2D eigenvalue weighted by molar-refractivity contribution is 5.14. The van der Waals surface area contributed by atoms with Crippen molar-refractivity contribution in [2.24, 2.45) is 0 Å². The zero-order valence-electron chi connectivity index (χ0n) is 13.4. The van der Waals surface area contributed by atoms with Gasteiger partial charge >= 0.3 is 0 Å². The van der Waals surface area contributed by atoms with Crippen LogP contribution in [0, 0.1) is 0 Å². The second kappa shape index (κ2) is 10.1. The van der Waals surface area contributed by atoms with Crippen molar-refractivity contribution in [2.45, 2.75) is 52.1 Å². The second-order valence-corrected chi connectivity index (χ2v) is 5.52. The van der Waals surface area contributed by atoms with E-state index in [4.69, 9.17) is 9.47 Å². The zero-order chi connectivity index (χ0) is 15.5. The van der Waals surface area contributed by atoms with E-state index in [1.165, 1.54) is 24.0 Å². The third-order valence-electron chi connectivity index (χ3n) is 3.60. The Labute approximate surface area is 134 Å². The summed E-state index contributed by atoms with van der Waals surface area (Å²) in [5.41, 5.74) is 2.37. The molecule has 0 aromatic heterocycles. The van der Waals surface area contributed by atoms with Crippen LogP contribution in [0.1, 0.15) is 43.7 Å². The lowest BCUT2D eigenvalue weighted by Crippen LogP contribution is -2.17. The molecule has 0 saturated heterocycles. The van der Waals surface area contributed by atoms with Gasteiger partial charge in [-0.05, 0) is 24.0 Å². The smallest absolute Gasteiger partial charge is 0.158 e. The summed E-state index contributed by atoms with van der Waals surface area (Å²) < 4.78 is 11.9. The van der Waals surface area contributed by atoms with E-state index in [1.54, 1.807) is 0 Å². The summed E-state index contributed by atoms with van der Waals surface area (Å²) in [4.78, 5) is 0. The molecule has 22 heavy (non-hydrogen) atoms. The second-order valence-electron chi connectivity index (χ2n) is 5.52. The van der Waals surface area contributed by atoms with Crippen molar-refractivity contribution in [1.29, 1.82) is 0 Å². The van der Waals surface area contributed by atoms with Crippen LogP contribution in [-0.2, 0) is 22.7 Å². The summed E-state index contributed by atoms with van der Waals surface area (Å²) in [5, 5.41) is 0. The Morgan fingerprint density at radius 3 is 1.68 bits per heavy atom. The van der Waals surface area contributed by atoms with Gasteiger partial charge in [0.15, 0.2) is 6.29 Å². The molecule has 0 spiro atoms. The first-order valence-corrected chi connectivity index (χ1v) is 8.19. The molecule has 2 aromatic carbocycles. The molecule has 0 aliphatic carbocycles. The minimum atomic E-state index is -0.132. The van der Waals surface area contributed by atoms with E-state index in [0.29, 0.717) is 13.2 Å². The van der Waals surface area contributed by atoms with Gasteiger partial charge in [0.2, 0.25) is 0 Å². The molecule has 118 valence electrons. The normalized spacial score (nSPS) is 11.0. The molecule has 0 bridgehead atoms. The molecule has 0 radical (unpaired) electrons. The van der Waals surface area contributed by atoms with Crippen LogP contribution in [0.15, 0.2) is 60.7 Å². The van der Waals surface area contributed by atoms with Gasteiger partial charge in [0.05, 0.1) is 13.2 Å². The molecule has 0 fully saturated rings. The van der Waals surface area contributed by atoms with E-state index >= 15 is 0 Å². The number of benzene rings is 2. The zero-order valence-corrected chi connectivity index (χ0v) is 13.4. The third-order valence-corrected chi connectivity index (χ3v) is 3.60. The molecule has 0 saturated carbocycles. The van der Waals surface area contributed by atoms with Crippen LogP contribution in [0.3, 0.4) is 0 Å².